The number of halogens is 1. The standard InChI is InChI=1S/C16H23BrN2O/c1-4-13-11-18(3)8-5-9-19(13)16(20)14-10-12(2)6-7-15(14)17/h6-7,10,13H,4-5,8-9,11H2,1-3H3. The molecule has 0 N–H and O–H groups in total. The lowest BCUT2D eigenvalue weighted by molar-refractivity contribution is 0.0674. The van der Waals surface area contributed by atoms with Crippen LogP contribution in [0.4, 0.5) is 0 Å². The highest BCUT2D eigenvalue weighted by Crippen LogP contribution is 2.23. The number of carbonyl (C=O) groups is 1. The first-order chi connectivity index (χ1) is 9.52. The molecule has 4 heteroatoms. The fraction of sp³-hybridized carbons (Fsp3) is 0.562. The van der Waals surface area contributed by atoms with Gasteiger partial charge in [-0.25, -0.2) is 0 Å². The molecule has 0 saturated carbocycles. The van der Waals surface area contributed by atoms with Crippen LogP contribution in [0.3, 0.4) is 0 Å². The number of benzene rings is 1. The van der Waals surface area contributed by atoms with Crippen molar-refractivity contribution in [3.8, 4) is 0 Å². The average molecular weight is 339 g/mol. The molecule has 1 unspecified atom stereocenters. The molecular formula is C16H23BrN2O. The van der Waals surface area contributed by atoms with Crippen LogP contribution in [0.5, 0.6) is 0 Å². The van der Waals surface area contributed by atoms with Gasteiger partial charge in [-0.05, 0) is 61.4 Å². The molecule has 110 valence electrons. The minimum Gasteiger partial charge on any atom is -0.334 e. The van der Waals surface area contributed by atoms with E-state index in [1.165, 1.54) is 0 Å². The molecular weight excluding hydrogens is 316 g/mol. The molecule has 0 aromatic heterocycles. The molecule has 0 radical (unpaired) electrons. The Balaban J connectivity index is 2.27. The number of likely N-dealkylation sites (N-methyl/N-ethyl adjacent to an activating group) is 1. The Kier molecular flexibility index (Phi) is 5.22. The summed E-state index contributed by atoms with van der Waals surface area (Å²) in [6, 6.07) is 6.28. The Bertz CT molecular complexity index is 489. The van der Waals surface area contributed by atoms with Gasteiger partial charge in [0.1, 0.15) is 0 Å². The van der Waals surface area contributed by atoms with Crippen LogP contribution in [0.15, 0.2) is 22.7 Å². The van der Waals surface area contributed by atoms with Crippen molar-refractivity contribution in [1.29, 1.82) is 0 Å². The van der Waals surface area contributed by atoms with Crippen LogP contribution in [0, 0.1) is 6.92 Å². The molecule has 1 aliphatic heterocycles. The first-order valence-corrected chi connectivity index (χ1v) is 8.08. The molecule has 0 aliphatic carbocycles. The smallest absolute Gasteiger partial charge is 0.255 e. The Hall–Kier alpha value is -0.870. The molecule has 1 heterocycles. The van der Waals surface area contributed by atoms with Gasteiger partial charge < -0.3 is 9.80 Å². The van der Waals surface area contributed by atoms with Gasteiger partial charge in [0, 0.05) is 23.6 Å². The highest BCUT2D eigenvalue weighted by molar-refractivity contribution is 9.10. The first kappa shape index (κ1) is 15.5. The lowest BCUT2D eigenvalue weighted by Gasteiger charge is -2.30. The van der Waals surface area contributed by atoms with E-state index in [1.807, 2.05) is 25.1 Å². The van der Waals surface area contributed by atoms with Crippen LogP contribution in [0.1, 0.15) is 35.7 Å². The third-order valence-electron chi connectivity index (χ3n) is 3.99. The lowest BCUT2D eigenvalue weighted by Crippen LogP contribution is -2.43. The molecule has 2 rings (SSSR count). The van der Waals surface area contributed by atoms with Gasteiger partial charge in [-0.1, -0.05) is 18.6 Å². The Morgan fingerprint density at radius 2 is 2.15 bits per heavy atom. The lowest BCUT2D eigenvalue weighted by atomic mass is 10.1. The van der Waals surface area contributed by atoms with Gasteiger partial charge in [0.15, 0.2) is 0 Å². The van der Waals surface area contributed by atoms with Crippen molar-refractivity contribution < 1.29 is 4.79 Å². The summed E-state index contributed by atoms with van der Waals surface area (Å²) in [6.07, 6.45) is 2.04. The van der Waals surface area contributed by atoms with Crippen LogP contribution in [0.2, 0.25) is 0 Å². The number of amides is 1. The van der Waals surface area contributed by atoms with E-state index in [1.54, 1.807) is 0 Å². The fourth-order valence-electron chi connectivity index (χ4n) is 2.82. The van der Waals surface area contributed by atoms with Gasteiger partial charge in [0.2, 0.25) is 0 Å². The summed E-state index contributed by atoms with van der Waals surface area (Å²) in [5.41, 5.74) is 1.91. The molecule has 1 aromatic carbocycles. The molecule has 1 aromatic rings. The molecule has 1 aliphatic rings. The summed E-state index contributed by atoms with van der Waals surface area (Å²) in [6.45, 7) is 7.06. The molecule has 1 atom stereocenters. The van der Waals surface area contributed by atoms with E-state index < -0.39 is 0 Å². The van der Waals surface area contributed by atoms with Gasteiger partial charge in [-0.2, -0.15) is 0 Å². The summed E-state index contributed by atoms with van der Waals surface area (Å²) < 4.78 is 0.889. The van der Waals surface area contributed by atoms with E-state index in [0.717, 1.165) is 48.1 Å². The van der Waals surface area contributed by atoms with Crippen molar-refractivity contribution in [2.24, 2.45) is 0 Å². The molecule has 1 amide bonds. The molecule has 3 nitrogen and oxygen atoms in total. The largest absolute Gasteiger partial charge is 0.334 e. The minimum absolute atomic E-state index is 0.155. The third-order valence-corrected chi connectivity index (χ3v) is 4.68. The molecule has 0 bridgehead atoms. The predicted octanol–water partition coefficient (Wildman–Crippen LogP) is 3.31. The molecule has 20 heavy (non-hydrogen) atoms. The van der Waals surface area contributed by atoms with Crippen LogP contribution in [0.25, 0.3) is 0 Å². The van der Waals surface area contributed by atoms with Crippen molar-refractivity contribution in [2.75, 3.05) is 26.7 Å². The van der Waals surface area contributed by atoms with Gasteiger partial charge in [-0.3, -0.25) is 4.79 Å². The topological polar surface area (TPSA) is 23.6 Å². The number of hydrogen-bond donors (Lipinski definition) is 0. The normalized spacial score (nSPS) is 20.8. The Labute approximate surface area is 130 Å². The van der Waals surface area contributed by atoms with Gasteiger partial charge in [-0.15, -0.1) is 0 Å². The number of aryl methyl sites for hydroxylation is 1. The van der Waals surface area contributed by atoms with Crippen molar-refractivity contribution >= 4 is 21.8 Å². The van der Waals surface area contributed by atoms with Crippen molar-refractivity contribution in [2.45, 2.75) is 32.7 Å². The summed E-state index contributed by atoms with van der Waals surface area (Å²) >= 11 is 3.51. The van der Waals surface area contributed by atoms with Crippen molar-refractivity contribution in [3.05, 3.63) is 33.8 Å². The fourth-order valence-corrected chi connectivity index (χ4v) is 3.23. The van der Waals surface area contributed by atoms with E-state index >= 15 is 0 Å². The van der Waals surface area contributed by atoms with Crippen molar-refractivity contribution in [3.63, 3.8) is 0 Å². The van der Waals surface area contributed by atoms with Crippen molar-refractivity contribution in [1.82, 2.24) is 9.80 Å². The van der Waals surface area contributed by atoms with E-state index in [9.17, 15) is 4.79 Å². The zero-order chi connectivity index (χ0) is 14.7. The second-order valence-electron chi connectivity index (χ2n) is 5.66. The quantitative estimate of drug-likeness (QED) is 0.825. The van der Waals surface area contributed by atoms with Crippen LogP contribution in [-0.4, -0.2) is 48.4 Å². The molecule has 0 spiro atoms. The number of rotatable bonds is 2. The van der Waals surface area contributed by atoms with E-state index in [-0.39, 0.29) is 5.91 Å². The van der Waals surface area contributed by atoms with Gasteiger partial charge >= 0.3 is 0 Å². The maximum atomic E-state index is 12.9. The number of nitrogens with zero attached hydrogens (tertiary/aromatic N) is 2. The first-order valence-electron chi connectivity index (χ1n) is 7.28. The summed E-state index contributed by atoms with van der Waals surface area (Å²) in [4.78, 5) is 17.3. The number of hydrogen-bond acceptors (Lipinski definition) is 2. The number of carbonyl (C=O) groups excluding carboxylic acids is 1. The monoisotopic (exact) mass is 338 g/mol. The zero-order valence-corrected chi connectivity index (χ0v) is 14.1. The van der Waals surface area contributed by atoms with E-state index in [2.05, 4.69) is 39.7 Å². The van der Waals surface area contributed by atoms with E-state index in [4.69, 9.17) is 0 Å². The summed E-state index contributed by atoms with van der Waals surface area (Å²) in [7, 11) is 2.14. The Morgan fingerprint density at radius 1 is 1.40 bits per heavy atom. The highest BCUT2D eigenvalue weighted by atomic mass is 79.9. The maximum Gasteiger partial charge on any atom is 0.255 e. The average Bonchev–Trinajstić information content (AvgIpc) is 2.62. The third kappa shape index (κ3) is 3.41. The van der Waals surface area contributed by atoms with Gasteiger partial charge in [0.05, 0.1) is 5.56 Å². The van der Waals surface area contributed by atoms with Crippen LogP contribution in [-0.2, 0) is 0 Å². The Morgan fingerprint density at radius 3 is 2.85 bits per heavy atom. The second kappa shape index (κ2) is 6.72. The summed E-state index contributed by atoms with van der Waals surface area (Å²) in [5.74, 6) is 0.155. The van der Waals surface area contributed by atoms with Crippen LogP contribution >= 0.6 is 15.9 Å². The van der Waals surface area contributed by atoms with E-state index in [0.29, 0.717) is 6.04 Å². The predicted molar refractivity (Wildman–Crippen MR) is 86.1 cm³/mol. The molecule has 1 fully saturated rings. The van der Waals surface area contributed by atoms with Crippen LogP contribution < -0.4 is 0 Å². The molecule has 1 saturated heterocycles. The highest BCUT2D eigenvalue weighted by Gasteiger charge is 2.27. The SMILES string of the molecule is CCC1CN(C)CCCN1C(=O)c1cc(C)ccc1Br. The zero-order valence-electron chi connectivity index (χ0n) is 12.5. The summed E-state index contributed by atoms with van der Waals surface area (Å²) in [5, 5.41) is 0. The second-order valence-corrected chi connectivity index (χ2v) is 6.51. The van der Waals surface area contributed by atoms with Gasteiger partial charge in [0.25, 0.3) is 5.91 Å². The minimum atomic E-state index is 0.155. The maximum absolute atomic E-state index is 12.9.